The van der Waals surface area contributed by atoms with Gasteiger partial charge in [-0.05, 0) is 18.2 Å². The zero-order valence-corrected chi connectivity index (χ0v) is 13.4. The summed E-state index contributed by atoms with van der Waals surface area (Å²) < 4.78 is 6.31. The van der Waals surface area contributed by atoms with Crippen LogP contribution in [0.5, 0.6) is 0 Å². The average molecular weight is 366 g/mol. The Labute approximate surface area is 136 Å². The molecule has 0 radical (unpaired) electrons. The number of hydrogen-bond donors (Lipinski definition) is 3. The van der Waals surface area contributed by atoms with E-state index in [4.69, 9.17) is 10.6 Å². The maximum Gasteiger partial charge on any atom is 0.243 e. The first-order valence-corrected chi connectivity index (χ1v) is 7.62. The highest BCUT2D eigenvalue weighted by molar-refractivity contribution is 9.10. The first-order chi connectivity index (χ1) is 10.7. The standard InChI is InChI=1S/C13H16BrN7O/c14-9-2-1-3-10(8-9)16-11-17-12(20-15)19-13(18-11)21-4-6-22-7-5-21/h1-3,8H,4-7,15H2,(H2,16,17,18,19,20). The van der Waals surface area contributed by atoms with Crippen LogP contribution in [0.2, 0.25) is 0 Å². The SMILES string of the molecule is NNc1nc(Nc2cccc(Br)c2)nc(N2CCOCC2)n1. The van der Waals surface area contributed by atoms with Crippen molar-refractivity contribution in [2.45, 2.75) is 0 Å². The number of benzene rings is 1. The van der Waals surface area contributed by atoms with Crippen LogP contribution in [0.25, 0.3) is 0 Å². The van der Waals surface area contributed by atoms with Crippen molar-refractivity contribution in [3.05, 3.63) is 28.7 Å². The van der Waals surface area contributed by atoms with E-state index in [-0.39, 0.29) is 0 Å². The molecule has 0 bridgehead atoms. The Bertz CT molecular complexity index is 648. The van der Waals surface area contributed by atoms with Crippen LogP contribution in [-0.4, -0.2) is 41.3 Å². The Kier molecular flexibility index (Phi) is 4.66. The van der Waals surface area contributed by atoms with Crippen molar-refractivity contribution in [3.8, 4) is 0 Å². The Morgan fingerprint density at radius 2 is 1.91 bits per heavy atom. The second-order valence-electron chi connectivity index (χ2n) is 4.66. The van der Waals surface area contributed by atoms with E-state index < -0.39 is 0 Å². The molecule has 0 saturated carbocycles. The van der Waals surface area contributed by atoms with Gasteiger partial charge in [0.1, 0.15) is 0 Å². The van der Waals surface area contributed by atoms with Crippen molar-refractivity contribution in [3.63, 3.8) is 0 Å². The number of hydrazine groups is 1. The molecule has 0 spiro atoms. The van der Waals surface area contributed by atoms with E-state index in [9.17, 15) is 0 Å². The minimum absolute atomic E-state index is 0.314. The number of halogens is 1. The van der Waals surface area contributed by atoms with Gasteiger partial charge in [-0.3, -0.25) is 5.43 Å². The van der Waals surface area contributed by atoms with E-state index in [2.05, 4.69) is 41.6 Å². The number of nitrogens with zero attached hydrogens (tertiary/aromatic N) is 4. The fourth-order valence-corrected chi connectivity index (χ4v) is 2.48. The third-order valence-electron chi connectivity index (χ3n) is 3.13. The van der Waals surface area contributed by atoms with Crippen molar-refractivity contribution >= 4 is 39.5 Å². The normalized spacial score (nSPS) is 14.7. The first kappa shape index (κ1) is 14.9. The van der Waals surface area contributed by atoms with Gasteiger partial charge in [-0.15, -0.1) is 0 Å². The highest BCUT2D eigenvalue weighted by Crippen LogP contribution is 2.20. The number of rotatable bonds is 4. The fourth-order valence-electron chi connectivity index (χ4n) is 2.09. The molecule has 4 N–H and O–H groups in total. The molecule has 0 aliphatic carbocycles. The minimum Gasteiger partial charge on any atom is -0.378 e. The highest BCUT2D eigenvalue weighted by atomic mass is 79.9. The predicted octanol–water partition coefficient (Wildman–Crippen LogP) is 1.50. The van der Waals surface area contributed by atoms with Crippen LogP contribution in [0.15, 0.2) is 28.7 Å². The molecule has 22 heavy (non-hydrogen) atoms. The van der Waals surface area contributed by atoms with Gasteiger partial charge in [0, 0.05) is 23.2 Å². The van der Waals surface area contributed by atoms with E-state index in [1.807, 2.05) is 29.2 Å². The molecule has 3 rings (SSSR count). The molecule has 1 aromatic carbocycles. The molecule has 1 saturated heterocycles. The van der Waals surface area contributed by atoms with Gasteiger partial charge in [0.2, 0.25) is 17.8 Å². The van der Waals surface area contributed by atoms with E-state index in [0.717, 1.165) is 23.2 Å². The summed E-state index contributed by atoms with van der Waals surface area (Å²) >= 11 is 3.43. The Morgan fingerprint density at radius 1 is 1.14 bits per heavy atom. The largest absolute Gasteiger partial charge is 0.378 e. The van der Waals surface area contributed by atoms with Crippen molar-refractivity contribution in [2.24, 2.45) is 5.84 Å². The lowest BCUT2D eigenvalue weighted by Crippen LogP contribution is -2.37. The van der Waals surface area contributed by atoms with Gasteiger partial charge >= 0.3 is 0 Å². The number of nitrogens with two attached hydrogens (primary N) is 1. The van der Waals surface area contributed by atoms with Crippen LogP contribution in [-0.2, 0) is 4.74 Å². The topological polar surface area (TPSA) is 101 Å². The second-order valence-corrected chi connectivity index (χ2v) is 5.58. The molecule has 2 aromatic rings. The van der Waals surface area contributed by atoms with Crippen LogP contribution in [0.1, 0.15) is 0 Å². The summed E-state index contributed by atoms with van der Waals surface area (Å²) in [4.78, 5) is 15.0. The summed E-state index contributed by atoms with van der Waals surface area (Å²) in [5.74, 6) is 6.77. The molecule has 0 atom stereocenters. The highest BCUT2D eigenvalue weighted by Gasteiger charge is 2.16. The zero-order chi connectivity index (χ0) is 15.4. The van der Waals surface area contributed by atoms with Crippen LogP contribution >= 0.6 is 15.9 Å². The molecular weight excluding hydrogens is 350 g/mol. The average Bonchev–Trinajstić information content (AvgIpc) is 2.55. The molecule has 0 unspecified atom stereocenters. The third kappa shape index (κ3) is 3.62. The molecule has 8 nitrogen and oxygen atoms in total. The van der Waals surface area contributed by atoms with Crippen LogP contribution in [0.4, 0.5) is 23.5 Å². The van der Waals surface area contributed by atoms with Gasteiger partial charge in [-0.1, -0.05) is 22.0 Å². The summed E-state index contributed by atoms with van der Waals surface area (Å²) in [6.45, 7) is 2.80. The van der Waals surface area contributed by atoms with Gasteiger partial charge in [0.15, 0.2) is 0 Å². The van der Waals surface area contributed by atoms with Crippen molar-refractivity contribution in [1.29, 1.82) is 0 Å². The molecule has 1 aromatic heterocycles. The third-order valence-corrected chi connectivity index (χ3v) is 3.62. The molecule has 0 amide bonds. The van der Waals surface area contributed by atoms with Crippen LogP contribution in [0, 0.1) is 0 Å². The number of nitrogen functional groups attached to an aromatic ring is 1. The molecule has 116 valence electrons. The summed E-state index contributed by atoms with van der Waals surface area (Å²) in [5.41, 5.74) is 3.35. The van der Waals surface area contributed by atoms with Gasteiger partial charge in [0.05, 0.1) is 13.2 Å². The quantitative estimate of drug-likeness (QED) is 0.553. The maximum absolute atomic E-state index is 5.45. The second kappa shape index (κ2) is 6.86. The molecule has 1 fully saturated rings. The van der Waals surface area contributed by atoms with Gasteiger partial charge < -0.3 is 15.0 Å². The summed E-state index contributed by atoms with van der Waals surface area (Å²) in [6.07, 6.45) is 0. The maximum atomic E-state index is 5.45. The Morgan fingerprint density at radius 3 is 2.64 bits per heavy atom. The lowest BCUT2D eigenvalue weighted by molar-refractivity contribution is 0.122. The van der Waals surface area contributed by atoms with Crippen molar-refractivity contribution in [1.82, 2.24) is 15.0 Å². The Hall–Kier alpha value is -1.97. The van der Waals surface area contributed by atoms with E-state index in [1.165, 1.54) is 0 Å². The predicted molar refractivity (Wildman–Crippen MR) is 88.1 cm³/mol. The fraction of sp³-hybridized carbons (Fsp3) is 0.308. The summed E-state index contributed by atoms with van der Waals surface area (Å²) in [7, 11) is 0. The zero-order valence-electron chi connectivity index (χ0n) is 11.8. The van der Waals surface area contributed by atoms with E-state index in [0.29, 0.717) is 31.1 Å². The van der Waals surface area contributed by atoms with Crippen LogP contribution < -0.4 is 21.5 Å². The van der Waals surface area contributed by atoms with Gasteiger partial charge in [-0.25, -0.2) is 5.84 Å². The molecule has 1 aliphatic heterocycles. The number of nitrogens with one attached hydrogen (secondary N) is 2. The molecular formula is C13H16BrN7O. The molecule has 9 heteroatoms. The number of ether oxygens (including phenoxy) is 1. The van der Waals surface area contributed by atoms with Crippen LogP contribution in [0.3, 0.4) is 0 Å². The van der Waals surface area contributed by atoms with E-state index in [1.54, 1.807) is 0 Å². The number of aromatic nitrogens is 3. The molecule has 2 heterocycles. The van der Waals surface area contributed by atoms with Crippen molar-refractivity contribution in [2.75, 3.05) is 41.9 Å². The smallest absolute Gasteiger partial charge is 0.243 e. The molecule has 1 aliphatic rings. The van der Waals surface area contributed by atoms with Gasteiger partial charge in [0.25, 0.3) is 0 Å². The number of morpholine rings is 1. The minimum atomic E-state index is 0.314. The lowest BCUT2D eigenvalue weighted by Gasteiger charge is -2.27. The van der Waals surface area contributed by atoms with Gasteiger partial charge in [-0.2, -0.15) is 15.0 Å². The first-order valence-electron chi connectivity index (χ1n) is 6.82. The van der Waals surface area contributed by atoms with E-state index >= 15 is 0 Å². The Balaban J connectivity index is 1.86. The number of anilines is 4. The monoisotopic (exact) mass is 365 g/mol. The van der Waals surface area contributed by atoms with Crippen molar-refractivity contribution < 1.29 is 4.74 Å². The number of hydrogen-bond acceptors (Lipinski definition) is 8. The summed E-state index contributed by atoms with van der Waals surface area (Å²) in [6, 6.07) is 7.75. The lowest BCUT2D eigenvalue weighted by atomic mass is 10.3. The summed E-state index contributed by atoms with van der Waals surface area (Å²) in [5, 5.41) is 3.15.